The van der Waals surface area contributed by atoms with E-state index in [-0.39, 0.29) is 36.2 Å². The Labute approximate surface area is 133 Å². The lowest BCUT2D eigenvalue weighted by molar-refractivity contribution is -0.384. The smallest absolute Gasteiger partial charge is 0.313 e. The Kier molecular flexibility index (Phi) is 4.72. The zero-order valence-electron chi connectivity index (χ0n) is 13.3. The van der Waals surface area contributed by atoms with Crippen LogP contribution in [0.5, 0.6) is 5.75 Å². The molecule has 7 nitrogen and oxygen atoms in total. The zero-order chi connectivity index (χ0) is 17.2. The van der Waals surface area contributed by atoms with Gasteiger partial charge < -0.3 is 14.4 Å². The molecule has 1 aliphatic heterocycles. The van der Waals surface area contributed by atoms with Gasteiger partial charge in [0.25, 0.3) is 5.69 Å². The van der Waals surface area contributed by atoms with E-state index in [9.17, 15) is 19.3 Å². The number of ether oxygens (including phenoxy) is 2. The first-order chi connectivity index (χ1) is 10.8. The molecule has 1 saturated heterocycles. The number of nitro benzene ring substituents is 1. The predicted octanol–water partition coefficient (Wildman–Crippen LogP) is 2.52. The van der Waals surface area contributed by atoms with E-state index in [1.807, 2.05) is 0 Å². The van der Waals surface area contributed by atoms with Gasteiger partial charge in [-0.3, -0.25) is 14.9 Å². The maximum absolute atomic E-state index is 13.7. The normalized spacial score (nSPS) is 20.4. The topological polar surface area (TPSA) is 81.9 Å². The number of hydrogen-bond acceptors (Lipinski definition) is 6. The van der Waals surface area contributed by atoms with E-state index in [0.29, 0.717) is 13.0 Å². The fraction of sp³-hybridized carbons (Fsp3) is 0.533. The summed E-state index contributed by atoms with van der Waals surface area (Å²) >= 11 is 0. The molecular formula is C15H19FN2O5. The molecule has 0 radical (unpaired) electrons. The van der Waals surface area contributed by atoms with Gasteiger partial charge in [-0.05, 0) is 20.3 Å². The lowest BCUT2D eigenvalue weighted by Gasteiger charge is -2.23. The van der Waals surface area contributed by atoms with Crippen molar-refractivity contribution in [2.75, 3.05) is 31.7 Å². The predicted molar refractivity (Wildman–Crippen MR) is 81.2 cm³/mol. The molecule has 0 spiro atoms. The number of benzene rings is 1. The van der Waals surface area contributed by atoms with E-state index in [0.717, 1.165) is 6.07 Å². The molecule has 1 aromatic carbocycles. The highest BCUT2D eigenvalue weighted by Crippen LogP contribution is 2.40. The monoisotopic (exact) mass is 326 g/mol. The molecule has 1 aromatic rings. The molecule has 2 rings (SSSR count). The molecule has 1 unspecified atom stereocenters. The number of halogens is 1. The van der Waals surface area contributed by atoms with Gasteiger partial charge in [0.1, 0.15) is 5.69 Å². The van der Waals surface area contributed by atoms with Crippen molar-refractivity contribution >= 4 is 17.3 Å². The van der Waals surface area contributed by atoms with Crippen molar-refractivity contribution in [2.45, 2.75) is 20.3 Å². The quantitative estimate of drug-likeness (QED) is 0.470. The number of nitrogens with zero attached hydrogens (tertiary/aromatic N) is 2. The third-order valence-electron chi connectivity index (χ3n) is 4.03. The minimum absolute atomic E-state index is 0.0738. The van der Waals surface area contributed by atoms with Gasteiger partial charge in [0.2, 0.25) is 0 Å². The zero-order valence-corrected chi connectivity index (χ0v) is 13.3. The number of nitro groups is 1. The number of esters is 1. The van der Waals surface area contributed by atoms with Crippen LogP contribution >= 0.6 is 0 Å². The Balaban J connectivity index is 2.36. The number of anilines is 1. The molecule has 0 saturated carbocycles. The molecule has 8 heteroatoms. The van der Waals surface area contributed by atoms with Crippen LogP contribution in [0.4, 0.5) is 15.8 Å². The van der Waals surface area contributed by atoms with Crippen LogP contribution in [0.15, 0.2) is 12.1 Å². The highest BCUT2D eigenvalue weighted by molar-refractivity contribution is 5.79. The molecule has 23 heavy (non-hydrogen) atoms. The molecule has 1 atom stereocenters. The molecule has 126 valence electrons. The largest absolute Gasteiger partial charge is 0.494 e. The van der Waals surface area contributed by atoms with Crippen molar-refractivity contribution in [3.63, 3.8) is 0 Å². The summed E-state index contributed by atoms with van der Waals surface area (Å²) < 4.78 is 23.7. The van der Waals surface area contributed by atoms with Gasteiger partial charge in [-0.25, -0.2) is 4.39 Å². The van der Waals surface area contributed by atoms with Gasteiger partial charge in [-0.2, -0.15) is 0 Å². The van der Waals surface area contributed by atoms with Gasteiger partial charge in [-0.15, -0.1) is 0 Å². The Hall–Kier alpha value is -2.38. The lowest BCUT2D eigenvalue weighted by atomic mass is 9.90. The summed E-state index contributed by atoms with van der Waals surface area (Å²) in [7, 11) is 1.29. The van der Waals surface area contributed by atoms with Crippen molar-refractivity contribution in [1.29, 1.82) is 0 Å². The second-order valence-electron chi connectivity index (χ2n) is 5.69. The summed E-state index contributed by atoms with van der Waals surface area (Å²) in [5.74, 6) is -1.20. The lowest BCUT2D eigenvalue weighted by Crippen LogP contribution is -2.33. The number of rotatable bonds is 5. The number of carbonyl (C=O) groups excluding carboxylic acids is 1. The fourth-order valence-corrected chi connectivity index (χ4v) is 2.73. The van der Waals surface area contributed by atoms with Gasteiger partial charge in [0.15, 0.2) is 11.6 Å². The molecular weight excluding hydrogens is 307 g/mol. The average molecular weight is 326 g/mol. The van der Waals surface area contributed by atoms with Crippen molar-refractivity contribution in [2.24, 2.45) is 5.41 Å². The van der Waals surface area contributed by atoms with Gasteiger partial charge in [-0.1, -0.05) is 0 Å². The Morgan fingerprint density at radius 2 is 2.22 bits per heavy atom. The van der Waals surface area contributed by atoms with Crippen LogP contribution in [0.25, 0.3) is 0 Å². The van der Waals surface area contributed by atoms with Gasteiger partial charge in [0, 0.05) is 19.2 Å². The highest BCUT2D eigenvalue weighted by Gasteiger charge is 2.43. The van der Waals surface area contributed by atoms with Crippen LogP contribution in [-0.2, 0) is 9.53 Å². The maximum Gasteiger partial charge on any atom is 0.313 e. The molecule has 0 N–H and O–H groups in total. The van der Waals surface area contributed by atoms with Crippen LogP contribution < -0.4 is 9.64 Å². The molecule has 0 amide bonds. The molecule has 1 heterocycles. The maximum atomic E-state index is 13.7. The summed E-state index contributed by atoms with van der Waals surface area (Å²) in [6.45, 7) is 4.46. The van der Waals surface area contributed by atoms with E-state index in [4.69, 9.17) is 9.47 Å². The average Bonchev–Trinajstić information content (AvgIpc) is 2.91. The first-order valence-corrected chi connectivity index (χ1v) is 7.26. The molecule has 0 aromatic heterocycles. The van der Waals surface area contributed by atoms with E-state index in [2.05, 4.69) is 0 Å². The minimum atomic E-state index is -0.796. The second-order valence-corrected chi connectivity index (χ2v) is 5.69. The van der Waals surface area contributed by atoms with E-state index in [1.165, 1.54) is 13.2 Å². The van der Waals surface area contributed by atoms with Crippen LogP contribution in [-0.4, -0.2) is 37.7 Å². The first-order valence-electron chi connectivity index (χ1n) is 7.26. The molecule has 0 aliphatic carbocycles. The molecule has 1 aliphatic rings. The van der Waals surface area contributed by atoms with Crippen molar-refractivity contribution in [3.05, 3.63) is 28.1 Å². The SMILES string of the molecule is CCOC(=O)C1(C)CCN(c2cc(OC)c(F)cc2[N+](=O)[O-])C1. The van der Waals surface area contributed by atoms with Crippen molar-refractivity contribution in [3.8, 4) is 5.75 Å². The molecule has 0 bridgehead atoms. The van der Waals surface area contributed by atoms with Crippen LogP contribution in [0, 0.1) is 21.3 Å². The summed E-state index contributed by atoms with van der Waals surface area (Å²) in [4.78, 5) is 24.3. The van der Waals surface area contributed by atoms with Gasteiger partial charge in [0.05, 0.1) is 30.1 Å². The Morgan fingerprint density at radius 1 is 1.52 bits per heavy atom. The number of hydrogen-bond donors (Lipinski definition) is 0. The van der Waals surface area contributed by atoms with Crippen LogP contribution in [0.2, 0.25) is 0 Å². The highest BCUT2D eigenvalue weighted by atomic mass is 19.1. The fourth-order valence-electron chi connectivity index (χ4n) is 2.73. The summed E-state index contributed by atoms with van der Waals surface area (Å²) in [6.07, 6.45) is 0.503. The number of carbonyl (C=O) groups is 1. The Bertz CT molecular complexity index is 637. The summed E-state index contributed by atoms with van der Waals surface area (Å²) in [6, 6.07) is 2.14. The first kappa shape index (κ1) is 17.0. The van der Waals surface area contributed by atoms with Crippen molar-refractivity contribution < 1.29 is 23.6 Å². The Morgan fingerprint density at radius 3 is 2.78 bits per heavy atom. The van der Waals surface area contributed by atoms with Crippen LogP contribution in [0.1, 0.15) is 20.3 Å². The minimum Gasteiger partial charge on any atom is -0.494 e. The standard InChI is InChI=1S/C15H19FN2O5/c1-4-23-14(19)15(2)5-6-17(9-15)11-8-13(22-3)10(16)7-12(11)18(20)21/h7-8H,4-6,9H2,1-3H3. The van der Waals surface area contributed by atoms with E-state index >= 15 is 0 Å². The van der Waals surface area contributed by atoms with E-state index < -0.39 is 16.2 Å². The summed E-state index contributed by atoms with van der Waals surface area (Å²) in [5, 5.41) is 11.2. The third-order valence-corrected chi connectivity index (χ3v) is 4.03. The van der Waals surface area contributed by atoms with Crippen molar-refractivity contribution in [1.82, 2.24) is 0 Å². The summed E-state index contributed by atoms with van der Waals surface area (Å²) in [5.41, 5.74) is -0.858. The molecule has 1 fully saturated rings. The number of methoxy groups -OCH3 is 1. The second kappa shape index (κ2) is 6.39. The van der Waals surface area contributed by atoms with E-state index in [1.54, 1.807) is 18.7 Å². The van der Waals surface area contributed by atoms with Crippen LogP contribution in [0.3, 0.4) is 0 Å². The van der Waals surface area contributed by atoms with Gasteiger partial charge >= 0.3 is 5.97 Å². The third kappa shape index (κ3) is 3.20.